The molecule has 0 unspecified atom stereocenters. The van der Waals surface area contributed by atoms with Crippen molar-refractivity contribution < 1.29 is 41.8 Å². The predicted molar refractivity (Wildman–Crippen MR) is 101 cm³/mol. The summed E-state index contributed by atoms with van der Waals surface area (Å²) in [7, 11) is 1.50. The maximum Gasteiger partial charge on any atom is 3.00 e. The van der Waals surface area contributed by atoms with Gasteiger partial charge in [0.05, 0.1) is 5.92 Å². The molecule has 0 bridgehead atoms. The van der Waals surface area contributed by atoms with Gasteiger partial charge in [-0.3, -0.25) is 4.79 Å². The van der Waals surface area contributed by atoms with Gasteiger partial charge in [0.1, 0.15) is 0 Å². The maximum absolute atomic E-state index is 10.4. The van der Waals surface area contributed by atoms with Gasteiger partial charge < -0.3 is 15.3 Å². The fourth-order valence-electron chi connectivity index (χ4n) is 4.47. The smallest absolute Gasteiger partial charge is 0.857 e. The van der Waals surface area contributed by atoms with Gasteiger partial charge in [-0.2, -0.15) is 19.8 Å². The summed E-state index contributed by atoms with van der Waals surface area (Å²) in [5, 5.41) is 25.0. The molecule has 0 spiro atoms. The van der Waals surface area contributed by atoms with Crippen LogP contribution < -0.4 is 10.2 Å². The molecule has 0 aromatic carbocycles. The molecular weight excluding hydrogens is 376 g/mol. The molecule has 1 radical (unpaired) electrons. The summed E-state index contributed by atoms with van der Waals surface area (Å²) in [6.45, 7) is 0. The standard InChI is InChI=1S/C13H17.C7H12O2.2CH3O.Ti/c1-3-7-12-10(5-1)9-11-6-2-4-8-13(11)12;8-7(9)6-4-2-1-3-5-6;2*1-2;/h5H,1-4,6-9H2;6H,1-5H2,(H,8,9);2*1H3;/q-1;;2*-1;+3. The molecule has 27 heavy (non-hydrogen) atoms. The van der Waals surface area contributed by atoms with E-state index in [2.05, 4.69) is 6.42 Å². The molecule has 1 saturated carbocycles. The van der Waals surface area contributed by atoms with Crippen LogP contribution in [0.2, 0.25) is 0 Å². The first-order valence-electron chi connectivity index (χ1n) is 10.1. The van der Waals surface area contributed by atoms with E-state index in [0.717, 1.165) is 39.9 Å². The molecule has 5 heteroatoms. The van der Waals surface area contributed by atoms with Gasteiger partial charge >= 0.3 is 27.7 Å². The Morgan fingerprint density at radius 2 is 1.48 bits per heavy atom. The third-order valence-corrected chi connectivity index (χ3v) is 5.71. The van der Waals surface area contributed by atoms with E-state index in [9.17, 15) is 4.79 Å². The zero-order valence-corrected chi connectivity index (χ0v) is 18.6. The Bertz CT molecular complexity index is 461. The fraction of sp³-hybridized carbons (Fsp3) is 0.727. The van der Waals surface area contributed by atoms with E-state index in [0.29, 0.717) is 0 Å². The Morgan fingerprint density at radius 1 is 0.889 bits per heavy atom. The monoisotopic (exact) mass is 411 g/mol. The van der Waals surface area contributed by atoms with Crippen molar-refractivity contribution in [3.05, 3.63) is 28.7 Å². The molecule has 0 saturated heterocycles. The van der Waals surface area contributed by atoms with Crippen molar-refractivity contribution in [3.63, 3.8) is 0 Å². The summed E-state index contributed by atoms with van der Waals surface area (Å²) in [5.74, 6) is -0.631. The van der Waals surface area contributed by atoms with E-state index in [1.807, 2.05) is 0 Å². The van der Waals surface area contributed by atoms with Gasteiger partial charge in [-0.25, -0.2) is 12.0 Å². The van der Waals surface area contributed by atoms with Crippen LogP contribution in [-0.4, -0.2) is 25.3 Å². The van der Waals surface area contributed by atoms with Gasteiger partial charge in [0.15, 0.2) is 0 Å². The quantitative estimate of drug-likeness (QED) is 0.528. The molecule has 4 nitrogen and oxygen atoms in total. The molecule has 0 aromatic heterocycles. The average molecular weight is 411 g/mol. The number of carbonyl (C=O) groups is 1. The number of hydrogen-bond acceptors (Lipinski definition) is 3. The van der Waals surface area contributed by atoms with Gasteiger partial charge in [-0.05, 0) is 38.5 Å². The van der Waals surface area contributed by atoms with Gasteiger partial charge in [-0.1, -0.05) is 44.1 Å². The topological polar surface area (TPSA) is 83.4 Å². The van der Waals surface area contributed by atoms with Crippen molar-refractivity contribution in [2.45, 2.75) is 83.5 Å². The second-order valence-corrected chi connectivity index (χ2v) is 7.24. The molecule has 0 heterocycles. The predicted octanol–water partition coefficient (Wildman–Crippen LogP) is 3.55. The van der Waals surface area contributed by atoms with Crippen molar-refractivity contribution in [1.29, 1.82) is 0 Å². The van der Waals surface area contributed by atoms with Crippen LogP contribution in [0.3, 0.4) is 0 Å². The molecule has 4 aliphatic rings. The molecule has 151 valence electrons. The first-order chi connectivity index (χ1) is 12.8. The minimum absolute atomic E-state index is 0. The van der Waals surface area contributed by atoms with Gasteiger partial charge in [-0.15, -0.1) is 12.0 Å². The van der Waals surface area contributed by atoms with Gasteiger partial charge in [0.2, 0.25) is 0 Å². The van der Waals surface area contributed by atoms with E-state index < -0.39 is 5.97 Å². The van der Waals surface area contributed by atoms with Crippen LogP contribution >= 0.6 is 0 Å². The zero-order valence-electron chi connectivity index (χ0n) is 17.0. The summed E-state index contributed by atoms with van der Waals surface area (Å²) in [4.78, 5) is 10.4. The van der Waals surface area contributed by atoms with Crippen LogP contribution in [0.4, 0.5) is 0 Å². The normalized spacial score (nSPS) is 20.7. The van der Waals surface area contributed by atoms with Gasteiger partial charge in [0.25, 0.3) is 0 Å². The zero-order chi connectivity index (χ0) is 19.4. The number of fused-ring (bicyclic) bond motifs is 1. The minimum Gasteiger partial charge on any atom is -0.857 e. The van der Waals surface area contributed by atoms with Gasteiger partial charge in [0, 0.05) is 0 Å². The van der Waals surface area contributed by atoms with Crippen molar-refractivity contribution >= 4 is 5.97 Å². The minimum atomic E-state index is -0.602. The second-order valence-electron chi connectivity index (χ2n) is 7.24. The van der Waals surface area contributed by atoms with Crippen molar-refractivity contribution in [2.75, 3.05) is 14.2 Å². The summed E-state index contributed by atoms with van der Waals surface area (Å²) in [5.41, 5.74) is 7.06. The number of rotatable bonds is 1. The Balaban J connectivity index is 0.000000429. The van der Waals surface area contributed by atoms with E-state index >= 15 is 0 Å². The van der Waals surface area contributed by atoms with E-state index in [4.69, 9.17) is 15.3 Å². The van der Waals surface area contributed by atoms with Crippen LogP contribution in [0.5, 0.6) is 0 Å². The van der Waals surface area contributed by atoms with Crippen LogP contribution in [0, 0.1) is 12.3 Å². The third-order valence-electron chi connectivity index (χ3n) is 5.71. The van der Waals surface area contributed by atoms with Crippen LogP contribution in [0.25, 0.3) is 0 Å². The number of carboxylic acids is 1. The molecule has 0 atom stereocenters. The summed E-state index contributed by atoms with van der Waals surface area (Å²) in [6.07, 6.45) is 18.8. The van der Waals surface area contributed by atoms with E-state index in [1.165, 1.54) is 57.8 Å². The molecule has 0 amide bonds. The van der Waals surface area contributed by atoms with Crippen molar-refractivity contribution in [2.24, 2.45) is 5.92 Å². The Kier molecular flexibility index (Phi) is 15.1. The largest absolute Gasteiger partial charge is 3.00 e. The maximum atomic E-state index is 10.4. The first kappa shape index (κ1) is 26.5. The number of aliphatic carboxylic acids is 1. The molecule has 1 N–H and O–H groups in total. The fourth-order valence-corrected chi connectivity index (χ4v) is 4.47. The van der Waals surface area contributed by atoms with Crippen LogP contribution in [-0.2, 0) is 26.5 Å². The number of hydrogen-bond donors (Lipinski definition) is 1. The van der Waals surface area contributed by atoms with E-state index in [1.54, 1.807) is 22.3 Å². The molecule has 0 aliphatic heterocycles. The van der Waals surface area contributed by atoms with E-state index in [-0.39, 0.29) is 27.6 Å². The van der Waals surface area contributed by atoms with Crippen molar-refractivity contribution in [1.82, 2.24) is 0 Å². The summed E-state index contributed by atoms with van der Waals surface area (Å²) in [6, 6.07) is 0. The van der Waals surface area contributed by atoms with Crippen molar-refractivity contribution in [3.8, 4) is 0 Å². The molecular formula is C22H35O4Ti. The Hall–Kier alpha value is -0.546. The Labute approximate surface area is 180 Å². The SMILES string of the molecule is C[O-].C[O-].O=C(O)C1CCCCC1.[CH-]1CCCC2=C1CC1=C2CCCC1.[Ti+3]. The molecule has 4 rings (SSSR count). The third kappa shape index (κ3) is 8.15. The summed E-state index contributed by atoms with van der Waals surface area (Å²) >= 11 is 0. The van der Waals surface area contributed by atoms with Crippen LogP contribution in [0.15, 0.2) is 22.3 Å². The average Bonchev–Trinajstić information content (AvgIpc) is 3.11. The first-order valence-corrected chi connectivity index (χ1v) is 10.1. The second kappa shape index (κ2) is 15.4. The molecule has 4 aliphatic carbocycles. The van der Waals surface area contributed by atoms with Crippen LogP contribution in [0.1, 0.15) is 83.5 Å². The molecule has 0 aromatic rings. The number of carboxylic acid groups (broad SMARTS) is 1. The molecule has 1 fully saturated rings. The number of allylic oxidation sites excluding steroid dienone is 4. The Morgan fingerprint density at radius 3 is 2.07 bits per heavy atom. The summed E-state index contributed by atoms with van der Waals surface area (Å²) < 4.78 is 0.